The molecule has 0 amide bonds. The minimum Gasteiger partial charge on any atom is -0.344 e. The first-order valence-corrected chi connectivity index (χ1v) is 7.39. The van der Waals surface area contributed by atoms with Crippen molar-refractivity contribution in [2.24, 2.45) is 0 Å². The molecule has 0 aliphatic heterocycles. The molecular weight excluding hydrogens is 330 g/mol. The second kappa shape index (κ2) is 7.19. The fourth-order valence-corrected chi connectivity index (χ4v) is 3.08. The van der Waals surface area contributed by atoms with Crippen molar-refractivity contribution in [3.8, 4) is 0 Å². The maximum atomic E-state index is 5.88. The molecule has 0 aliphatic rings. The van der Waals surface area contributed by atoms with Crippen LogP contribution in [0.25, 0.3) is 0 Å². The number of rotatable bonds is 3. The fraction of sp³-hybridized carbons (Fsp3) is 0.143. The zero-order chi connectivity index (χ0) is 12.3. The summed E-state index contributed by atoms with van der Waals surface area (Å²) in [4.78, 5) is 2.52. The summed E-state index contributed by atoms with van der Waals surface area (Å²) >= 11 is 11.2. The van der Waals surface area contributed by atoms with Gasteiger partial charge in [-0.1, -0.05) is 46.2 Å². The molecule has 0 radical (unpaired) electrons. The van der Waals surface area contributed by atoms with Gasteiger partial charge in [0.05, 0.1) is 0 Å². The molecule has 18 heavy (non-hydrogen) atoms. The summed E-state index contributed by atoms with van der Waals surface area (Å²) in [6, 6.07) is 14.4. The van der Waals surface area contributed by atoms with Crippen LogP contribution >= 0.6 is 39.3 Å². The van der Waals surface area contributed by atoms with Crippen LogP contribution in [-0.2, 0) is 6.42 Å². The zero-order valence-electron chi connectivity index (χ0n) is 10.1. The molecule has 1 nitrogen and oxygen atoms in total. The van der Waals surface area contributed by atoms with E-state index in [0.29, 0.717) is 0 Å². The van der Waals surface area contributed by atoms with E-state index < -0.39 is 0 Å². The molecule has 96 valence electrons. The van der Waals surface area contributed by atoms with Gasteiger partial charge in [0.2, 0.25) is 0 Å². The number of hydrogen-bond acceptors (Lipinski definition) is 2. The van der Waals surface area contributed by atoms with Gasteiger partial charge in [-0.25, -0.2) is 0 Å². The Hall–Kier alpha value is -0.480. The predicted molar refractivity (Wildman–Crippen MR) is 84.1 cm³/mol. The maximum absolute atomic E-state index is 5.88. The molecule has 2 aromatic rings. The lowest BCUT2D eigenvalue weighted by Gasteiger charge is -2.08. The summed E-state index contributed by atoms with van der Waals surface area (Å²) in [6.07, 6.45) is 1.04. The van der Waals surface area contributed by atoms with Gasteiger partial charge < -0.3 is 6.15 Å². The van der Waals surface area contributed by atoms with Crippen molar-refractivity contribution in [1.82, 2.24) is 6.15 Å². The molecule has 0 saturated heterocycles. The van der Waals surface area contributed by atoms with Gasteiger partial charge in [0.25, 0.3) is 0 Å². The maximum Gasteiger partial charge on any atom is 0.0406 e. The van der Waals surface area contributed by atoms with Gasteiger partial charge >= 0.3 is 0 Å². The third-order valence-electron chi connectivity index (χ3n) is 2.44. The van der Waals surface area contributed by atoms with Gasteiger partial charge in [-0.15, -0.1) is 0 Å². The third-order valence-corrected chi connectivity index (χ3v) is 4.32. The summed E-state index contributed by atoms with van der Waals surface area (Å²) in [6.45, 7) is 2.17. The lowest BCUT2D eigenvalue weighted by atomic mass is 10.2. The highest BCUT2D eigenvalue weighted by Crippen LogP contribution is 2.32. The smallest absolute Gasteiger partial charge is 0.0406 e. The third kappa shape index (κ3) is 4.02. The zero-order valence-corrected chi connectivity index (χ0v) is 13.3. The summed E-state index contributed by atoms with van der Waals surface area (Å²) in [5.74, 6) is 0. The van der Waals surface area contributed by atoms with Gasteiger partial charge in [-0.3, -0.25) is 0 Å². The van der Waals surface area contributed by atoms with Crippen molar-refractivity contribution in [3.05, 3.63) is 57.5 Å². The molecule has 0 aromatic heterocycles. The van der Waals surface area contributed by atoms with Crippen LogP contribution in [0.4, 0.5) is 0 Å². The molecule has 2 aromatic carbocycles. The first kappa shape index (κ1) is 15.6. The minimum atomic E-state index is 0. The first-order chi connectivity index (χ1) is 8.19. The van der Waals surface area contributed by atoms with Crippen molar-refractivity contribution in [1.29, 1.82) is 0 Å². The molecule has 0 unspecified atom stereocenters. The van der Waals surface area contributed by atoms with Gasteiger partial charge in [-0.05, 0) is 54.4 Å². The lowest BCUT2D eigenvalue weighted by molar-refractivity contribution is 1.08. The highest BCUT2D eigenvalue weighted by Gasteiger charge is 2.04. The average Bonchev–Trinajstić information content (AvgIpc) is 2.34. The highest BCUT2D eigenvalue weighted by atomic mass is 79.9. The molecule has 0 heterocycles. The number of benzene rings is 2. The Balaban J connectivity index is 0.00000162. The van der Waals surface area contributed by atoms with E-state index in [1.54, 1.807) is 11.8 Å². The van der Waals surface area contributed by atoms with Crippen LogP contribution in [0.1, 0.15) is 12.5 Å². The molecule has 0 aliphatic carbocycles. The van der Waals surface area contributed by atoms with Gasteiger partial charge in [0.1, 0.15) is 0 Å². The van der Waals surface area contributed by atoms with Crippen LogP contribution in [-0.4, -0.2) is 0 Å². The average molecular weight is 345 g/mol. The minimum absolute atomic E-state index is 0. The van der Waals surface area contributed by atoms with E-state index in [-0.39, 0.29) is 6.15 Å². The topological polar surface area (TPSA) is 35.0 Å². The van der Waals surface area contributed by atoms with E-state index in [4.69, 9.17) is 11.6 Å². The van der Waals surface area contributed by atoms with Crippen LogP contribution in [0.3, 0.4) is 0 Å². The summed E-state index contributed by atoms with van der Waals surface area (Å²) < 4.78 is 1.13. The molecule has 0 atom stereocenters. The van der Waals surface area contributed by atoms with Crippen molar-refractivity contribution < 1.29 is 0 Å². The van der Waals surface area contributed by atoms with Crippen molar-refractivity contribution in [2.45, 2.75) is 23.1 Å². The van der Waals surface area contributed by atoms with E-state index in [0.717, 1.165) is 15.9 Å². The molecule has 0 bridgehead atoms. The van der Waals surface area contributed by atoms with Crippen LogP contribution in [0.2, 0.25) is 5.02 Å². The van der Waals surface area contributed by atoms with Crippen LogP contribution in [0, 0.1) is 0 Å². The molecule has 0 spiro atoms. The second-order valence-corrected chi connectivity index (χ2v) is 6.13. The largest absolute Gasteiger partial charge is 0.344 e. The van der Waals surface area contributed by atoms with Gasteiger partial charge in [0.15, 0.2) is 0 Å². The second-order valence-electron chi connectivity index (χ2n) is 3.66. The Morgan fingerprint density at radius 1 is 1.11 bits per heavy atom. The van der Waals surface area contributed by atoms with E-state index in [1.807, 2.05) is 12.1 Å². The van der Waals surface area contributed by atoms with Crippen LogP contribution < -0.4 is 6.15 Å². The van der Waals surface area contributed by atoms with Gasteiger partial charge in [-0.2, -0.15) is 0 Å². The normalized spacial score (nSPS) is 9.94. The molecule has 0 saturated carbocycles. The predicted octanol–water partition coefficient (Wildman–Crippen LogP) is 5.98. The quantitative estimate of drug-likeness (QED) is 0.743. The Kier molecular flexibility index (Phi) is 6.22. The molecule has 4 heteroatoms. The SMILES string of the molecule is CCc1cc(Br)ccc1Sc1ccc(Cl)cc1.N. The number of hydrogen-bond donors (Lipinski definition) is 1. The fourth-order valence-electron chi connectivity index (χ4n) is 1.55. The summed E-state index contributed by atoms with van der Waals surface area (Å²) in [5, 5.41) is 0.779. The van der Waals surface area contributed by atoms with E-state index >= 15 is 0 Å². The standard InChI is InChI=1S/C14H12BrClS.H3N/c1-2-10-9-11(15)3-8-14(10)17-13-6-4-12(16)5-7-13;/h3-9H,2H2,1H3;1H3. The van der Waals surface area contributed by atoms with E-state index in [1.165, 1.54) is 15.4 Å². The Morgan fingerprint density at radius 3 is 2.39 bits per heavy atom. The monoisotopic (exact) mass is 343 g/mol. The van der Waals surface area contributed by atoms with E-state index in [9.17, 15) is 0 Å². The number of halogens is 2. The van der Waals surface area contributed by atoms with Gasteiger partial charge in [0, 0.05) is 19.3 Å². The van der Waals surface area contributed by atoms with Crippen LogP contribution in [0.5, 0.6) is 0 Å². The Bertz CT molecular complexity index is 514. The number of aryl methyl sites for hydroxylation is 1. The van der Waals surface area contributed by atoms with Crippen LogP contribution in [0.15, 0.2) is 56.7 Å². The lowest BCUT2D eigenvalue weighted by Crippen LogP contribution is -1.85. The molecular formula is C14H15BrClNS. The first-order valence-electron chi connectivity index (χ1n) is 5.41. The molecule has 2 rings (SSSR count). The Morgan fingerprint density at radius 2 is 1.78 bits per heavy atom. The summed E-state index contributed by atoms with van der Waals surface area (Å²) in [7, 11) is 0. The summed E-state index contributed by atoms with van der Waals surface area (Å²) in [5.41, 5.74) is 1.36. The van der Waals surface area contributed by atoms with E-state index in [2.05, 4.69) is 53.2 Å². The highest BCUT2D eigenvalue weighted by molar-refractivity contribution is 9.10. The Labute approximate surface area is 126 Å². The molecule has 0 fully saturated rings. The van der Waals surface area contributed by atoms with Crippen molar-refractivity contribution >= 4 is 39.3 Å². The van der Waals surface area contributed by atoms with Crippen molar-refractivity contribution in [2.75, 3.05) is 0 Å². The van der Waals surface area contributed by atoms with Crippen molar-refractivity contribution in [3.63, 3.8) is 0 Å². The molecule has 3 N–H and O–H groups in total.